The Morgan fingerprint density at radius 1 is 1.15 bits per heavy atom. The SMILES string of the molecule is COc1ccc(-c2ccc(S(=O)(=O)C(N)(CC(C)(O)CCSc3nccs3)C(=O)O)cc2)cc1. The van der Waals surface area contributed by atoms with E-state index in [2.05, 4.69) is 4.98 Å². The van der Waals surface area contributed by atoms with Gasteiger partial charge in [0.05, 0.1) is 17.6 Å². The quantitative estimate of drug-likeness (QED) is 0.322. The van der Waals surface area contributed by atoms with Gasteiger partial charge in [-0.2, -0.15) is 0 Å². The maximum absolute atomic E-state index is 13.3. The van der Waals surface area contributed by atoms with Crippen molar-refractivity contribution in [2.75, 3.05) is 12.9 Å². The van der Waals surface area contributed by atoms with E-state index in [9.17, 15) is 23.4 Å². The van der Waals surface area contributed by atoms with Gasteiger partial charge in [0.15, 0.2) is 0 Å². The van der Waals surface area contributed by atoms with Gasteiger partial charge >= 0.3 is 5.97 Å². The summed E-state index contributed by atoms with van der Waals surface area (Å²) < 4.78 is 32.6. The highest BCUT2D eigenvalue weighted by Gasteiger charge is 2.52. The fraction of sp³-hybridized carbons (Fsp3) is 0.304. The minimum Gasteiger partial charge on any atom is -0.497 e. The largest absolute Gasteiger partial charge is 0.497 e. The highest BCUT2D eigenvalue weighted by atomic mass is 32.2. The Balaban J connectivity index is 1.80. The molecule has 8 nitrogen and oxygen atoms in total. The molecule has 0 aliphatic rings. The summed E-state index contributed by atoms with van der Waals surface area (Å²) in [5.74, 6) is -0.610. The van der Waals surface area contributed by atoms with E-state index in [0.29, 0.717) is 11.5 Å². The van der Waals surface area contributed by atoms with E-state index in [0.717, 1.165) is 15.5 Å². The zero-order valence-corrected chi connectivity index (χ0v) is 21.1. The average molecular weight is 523 g/mol. The number of aliphatic hydroxyl groups is 1. The van der Waals surface area contributed by atoms with Crippen molar-refractivity contribution in [2.24, 2.45) is 5.73 Å². The second kappa shape index (κ2) is 10.4. The molecular weight excluding hydrogens is 496 g/mol. The molecule has 0 saturated heterocycles. The summed E-state index contributed by atoms with van der Waals surface area (Å²) in [4.78, 5) is 13.3. The van der Waals surface area contributed by atoms with Gasteiger partial charge < -0.3 is 20.7 Å². The fourth-order valence-electron chi connectivity index (χ4n) is 3.40. The number of carboxylic acid groups (broad SMARTS) is 1. The first-order valence-corrected chi connectivity index (χ1v) is 13.6. The molecule has 0 aliphatic carbocycles. The Bertz CT molecular complexity index is 1210. The second-order valence-electron chi connectivity index (χ2n) is 8.02. The van der Waals surface area contributed by atoms with E-state index >= 15 is 0 Å². The maximum atomic E-state index is 13.3. The number of nitrogens with two attached hydrogens (primary N) is 1. The van der Waals surface area contributed by atoms with Gasteiger partial charge in [0, 0.05) is 23.8 Å². The Morgan fingerprint density at radius 2 is 1.74 bits per heavy atom. The normalized spacial score (nSPS) is 15.3. The van der Waals surface area contributed by atoms with Crippen LogP contribution < -0.4 is 10.5 Å². The van der Waals surface area contributed by atoms with Crippen molar-refractivity contribution in [3.63, 3.8) is 0 Å². The molecule has 0 fully saturated rings. The van der Waals surface area contributed by atoms with Crippen LogP contribution in [0.1, 0.15) is 19.8 Å². The predicted octanol–water partition coefficient (Wildman–Crippen LogP) is 3.66. The van der Waals surface area contributed by atoms with Gasteiger partial charge in [-0.25, -0.2) is 18.2 Å². The molecule has 3 aromatic rings. The summed E-state index contributed by atoms with van der Waals surface area (Å²) in [6.07, 6.45) is 1.12. The molecule has 3 rings (SSSR count). The first-order chi connectivity index (χ1) is 16.0. The van der Waals surface area contributed by atoms with Crippen LogP contribution in [0.15, 0.2) is 69.3 Å². The summed E-state index contributed by atoms with van der Waals surface area (Å²) in [7, 11) is -2.97. The summed E-state index contributed by atoms with van der Waals surface area (Å²) in [5.41, 5.74) is 5.95. The molecule has 0 saturated carbocycles. The molecule has 0 spiro atoms. The molecular formula is C23H26N2O6S3. The van der Waals surface area contributed by atoms with Crippen molar-refractivity contribution >= 4 is 38.9 Å². The number of rotatable bonds is 11. The van der Waals surface area contributed by atoms with Crippen molar-refractivity contribution in [3.05, 3.63) is 60.1 Å². The van der Waals surface area contributed by atoms with E-state index in [1.54, 1.807) is 37.6 Å². The molecule has 0 bridgehead atoms. The van der Waals surface area contributed by atoms with E-state index < -0.39 is 32.7 Å². The summed E-state index contributed by atoms with van der Waals surface area (Å²) in [6, 6.07) is 13.0. The van der Waals surface area contributed by atoms with E-state index in [-0.39, 0.29) is 11.3 Å². The van der Waals surface area contributed by atoms with Crippen LogP contribution in [0.3, 0.4) is 0 Å². The highest BCUT2D eigenvalue weighted by Crippen LogP contribution is 2.34. The first-order valence-electron chi connectivity index (χ1n) is 10.2. The highest BCUT2D eigenvalue weighted by molar-refractivity contribution is 8.01. The Labute approximate surface area is 206 Å². The second-order valence-corrected chi connectivity index (χ2v) is 12.5. The summed E-state index contributed by atoms with van der Waals surface area (Å²) >= 11 is 2.84. The molecule has 4 N–H and O–H groups in total. The lowest BCUT2D eigenvalue weighted by molar-refractivity contribution is -0.142. The summed E-state index contributed by atoms with van der Waals surface area (Å²) in [5, 5.41) is 22.5. The lowest BCUT2D eigenvalue weighted by Crippen LogP contribution is -2.58. The van der Waals surface area contributed by atoms with Crippen LogP contribution >= 0.6 is 23.1 Å². The minimum atomic E-state index is -4.53. The number of ether oxygens (including phenoxy) is 1. The van der Waals surface area contributed by atoms with Crippen LogP contribution in [0.5, 0.6) is 5.75 Å². The third kappa shape index (κ3) is 5.78. The van der Waals surface area contributed by atoms with E-state index in [1.807, 2.05) is 17.5 Å². The average Bonchev–Trinajstić information content (AvgIpc) is 3.32. The molecule has 0 amide bonds. The van der Waals surface area contributed by atoms with E-state index in [4.69, 9.17) is 10.5 Å². The Morgan fingerprint density at radius 3 is 2.24 bits per heavy atom. The van der Waals surface area contributed by atoms with Gasteiger partial charge in [-0.1, -0.05) is 36.0 Å². The fourth-order valence-corrected chi connectivity index (χ4v) is 6.95. The number of benzene rings is 2. The Hall–Kier alpha value is -2.44. The standard InChI is InChI=1S/C23H26N2O6S3/c1-22(28,11-13-32-21-25-12-14-33-21)15-23(24,20(26)27)34(29,30)19-9-5-17(6-10-19)16-3-7-18(31-2)8-4-16/h3-10,12,14,28H,11,13,15,24H2,1-2H3,(H,26,27). The number of methoxy groups -OCH3 is 1. The van der Waals surface area contributed by atoms with Gasteiger partial charge in [-0.05, 0) is 48.7 Å². The van der Waals surface area contributed by atoms with Crippen molar-refractivity contribution < 1.29 is 28.2 Å². The molecule has 1 heterocycles. The third-order valence-corrected chi connectivity index (χ3v) is 9.49. The molecule has 1 aromatic heterocycles. The predicted molar refractivity (Wildman–Crippen MR) is 133 cm³/mol. The first kappa shape index (κ1) is 26.2. The number of carbonyl (C=O) groups is 1. The van der Waals surface area contributed by atoms with Crippen LogP contribution in [0.2, 0.25) is 0 Å². The molecule has 0 radical (unpaired) electrons. The van der Waals surface area contributed by atoms with Gasteiger partial charge in [0.1, 0.15) is 10.1 Å². The zero-order valence-electron chi connectivity index (χ0n) is 18.7. The number of hydrogen-bond donors (Lipinski definition) is 3. The number of thioether (sulfide) groups is 1. The van der Waals surface area contributed by atoms with Gasteiger partial charge in [0.2, 0.25) is 14.7 Å². The molecule has 34 heavy (non-hydrogen) atoms. The maximum Gasteiger partial charge on any atom is 0.340 e. The number of thiazole rings is 1. The smallest absolute Gasteiger partial charge is 0.340 e. The van der Waals surface area contributed by atoms with E-state index in [1.165, 1.54) is 42.2 Å². The zero-order chi connectivity index (χ0) is 25.0. The number of hydrogen-bond acceptors (Lipinski definition) is 9. The molecule has 2 atom stereocenters. The number of carboxylic acids is 1. The Kier molecular flexibility index (Phi) is 8.04. The molecule has 2 unspecified atom stereocenters. The topological polar surface area (TPSA) is 140 Å². The lowest BCUT2D eigenvalue weighted by atomic mass is 9.94. The molecule has 2 aromatic carbocycles. The van der Waals surface area contributed by atoms with Gasteiger partial charge in [-0.3, -0.25) is 0 Å². The monoisotopic (exact) mass is 522 g/mol. The van der Waals surface area contributed by atoms with Crippen molar-refractivity contribution in [3.8, 4) is 16.9 Å². The number of sulfone groups is 1. The third-order valence-electron chi connectivity index (χ3n) is 5.35. The number of aliphatic carboxylic acids is 1. The minimum absolute atomic E-state index is 0.134. The van der Waals surface area contributed by atoms with Crippen LogP contribution in [0.4, 0.5) is 0 Å². The van der Waals surface area contributed by atoms with Crippen LogP contribution in [0.25, 0.3) is 11.1 Å². The van der Waals surface area contributed by atoms with Crippen molar-refractivity contribution in [1.29, 1.82) is 0 Å². The molecule has 182 valence electrons. The number of aromatic nitrogens is 1. The lowest BCUT2D eigenvalue weighted by Gasteiger charge is -2.33. The van der Waals surface area contributed by atoms with Crippen LogP contribution in [-0.2, 0) is 14.6 Å². The van der Waals surface area contributed by atoms with Gasteiger partial charge in [-0.15, -0.1) is 11.3 Å². The van der Waals surface area contributed by atoms with Crippen molar-refractivity contribution in [2.45, 2.75) is 39.5 Å². The van der Waals surface area contributed by atoms with Crippen LogP contribution in [0, 0.1) is 0 Å². The molecule has 11 heteroatoms. The van der Waals surface area contributed by atoms with Crippen LogP contribution in [-0.4, -0.2) is 52.9 Å². The van der Waals surface area contributed by atoms with Crippen molar-refractivity contribution in [1.82, 2.24) is 4.98 Å². The number of nitrogens with zero attached hydrogens (tertiary/aromatic N) is 1. The summed E-state index contributed by atoms with van der Waals surface area (Å²) in [6.45, 7) is 1.39. The van der Waals surface area contributed by atoms with Gasteiger partial charge in [0.25, 0.3) is 0 Å². The molecule has 0 aliphatic heterocycles.